The smallest absolute Gasteiger partial charge is 0.394 e. The monoisotopic (exact) mass is 768 g/mol. The van der Waals surface area contributed by atoms with Gasteiger partial charge in [0.2, 0.25) is 5.91 Å². The van der Waals surface area contributed by atoms with E-state index in [1.54, 1.807) is 0 Å². The largest absolute Gasteiger partial charge is 0.397 e. The van der Waals surface area contributed by atoms with Crippen LogP contribution in [-0.2, 0) is 28.9 Å². The van der Waals surface area contributed by atoms with Crippen LogP contribution in [0, 0.1) is 0 Å². The first-order chi connectivity index (χ1) is 25.0. The van der Waals surface area contributed by atoms with Crippen LogP contribution < -0.4 is 5.32 Å². The first-order valence-electron chi connectivity index (χ1n) is 20.9. The Kier molecular flexibility index (Phi) is 29.6. The van der Waals surface area contributed by atoms with Crippen LogP contribution in [-0.4, -0.2) is 95.4 Å². The highest BCUT2D eigenvalue weighted by Gasteiger charge is 2.48. The Labute approximate surface area is 316 Å². The maximum atomic E-state index is 13.0. The third kappa shape index (κ3) is 24.5. The summed E-state index contributed by atoms with van der Waals surface area (Å²) in [7, 11) is -5.07. The number of ether oxygens (including phenoxy) is 2. The van der Waals surface area contributed by atoms with E-state index in [-0.39, 0.29) is 12.5 Å². The van der Waals surface area contributed by atoms with Gasteiger partial charge in [0, 0.05) is 6.42 Å². The summed E-state index contributed by atoms with van der Waals surface area (Å²) in [5.41, 5.74) is 0. The lowest BCUT2D eigenvalue weighted by Gasteiger charge is -2.41. The highest BCUT2D eigenvalue weighted by atomic mass is 32.3. The summed E-state index contributed by atoms with van der Waals surface area (Å²) >= 11 is 0. The van der Waals surface area contributed by atoms with Gasteiger partial charge in [0.1, 0.15) is 24.4 Å². The lowest BCUT2D eigenvalue weighted by Crippen LogP contribution is -2.61. The van der Waals surface area contributed by atoms with Crippen LogP contribution in [0.3, 0.4) is 0 Å². The number of rotatable bonds is 35. The molecule has 0 aliphatic carbocycles. The average molecular weight is 768 g/mol. The molecule has 6 N–H and O–H groups in total. The van der Waals surface area contributed by atoms with Gasteiger partial charge in [0.05, 0.1) is 25.4 Å². The van der Waals surface area contributed by atoms with Gasteiger partial charge in [-0.2, -0.15) is 8.42 Å². The zero-order valence-electron chi connectivity index (χ0n) is 32.6. The Hall–Kier alpha value is -0.900. The molecule has 1 rings (SSSR count). The Morgan fingerprint density at radius 1 is 0.692 bits per heavy atom. The molecule has 0 spiro atoms. The van der Waals surface area contributed by atoms with Crippen molar-refractivity contribution in [1.29, 1.82) is 0 Å². The predicted octanol–water partition coefficient (Wildman–Crippen LogP) is 7.05. The van der Waals surface area contributed by atoms with Gasteiger partial charge in [-0.15, -0.1) is 0 Å². The molecule has 7 unspecified atom stereocenters. The van der Waals surface area contributed by atoms with E-state index in [0.29, 0.717) is 12.8 Å². The van der Waals surface area contributed by atoms with E-state index in [4.69, 9.17) is 14.0 Å². The molecule has 7 atom stereocenters. The topological polar surface area (TPSA) is 192 Å². The maximum Gasteiger partial charge on any atom is 0.397 e. The van der Waals surface area contributed by atoms with Crippen molar-refractivity contribution in [3.63, 3.8) is 0 Å². The van der Waals surface area contributed by atoms with Crippen molar-refractivity contribution in [1.82, 2.24) is 5.32 Å². The quantitative estimate of drug-likeness (QED) is 0.0286. The van der Waals surface area contributed by atoms with E-state index >= 15 is 0 Å². The standard InChI is InChI=1S/C39H77NO11S/c1-3-5-7-9-11-13-15-16-17-19-21-23-25-27-29-35(43)40-32(33(42)28-26-24-22-20-18-14-12-10-8-6-4-2)31-49-39-37(45)38(51-52(46,47)48)36(44)34(30-41)50-39/h32-34,36-39,41-42,44-45H,3-31H2,1-2H3,(H,40,43)(H,46,47,48). The summed E-state index contributed by atoms with van der Waals surface area (Å²) in [5.74, 6) is -0.230. The minimum atomic E-state index is -5.07. The second kappa shape index (κ2) is 31.3. The van der Waals surface area contributed by atoms with Gasteiger partial charge in [-0.25, -0.2) is 4.18 Å². The molecular weight excluding hydrogens is 690 g/mol. The van der Waals surface area contributed by atoms with Crippen molar-refractivity contribution < 1.29 is 51.8 Å². The maximum absolute atomic E-state index is 13.0. The van der Waals surface area contributed by atoms with E-state index in [1.165, 1.54) is 109 Å². The molecule has 12 nitrogen and oxygen atoms in total. The molecule has 1 fully saturated rings. The van der Waals surface area contributed by atoms with Crippen LogP contribution in [0.25, 0.3) is 0 Å². The number of carbonyl (C=O) groups is 1. The SMILES string of the molecule is CCCCCCCCCCCCCCCCC(=O)NC(COC1OC(CO)C(O)C(OS(=O)(=O)O)C1O)C(O)CCCCCCCCCCCCC. The Balaban J connectivity index is 2.55. The number of aliphatic hydroxyl groups is 4. The molecule has 310 valence electrons. The molecular formula is C39H77NO11S. The van der Waals surface area contributed by atoms with Gasteiger partial charge in [-0.1, -0.05) is 168 Å². The molecule has 0 aromatic heterocycles. The zero-order valence-corrected chi connectivity index (χ0v) is 33.5. The number of hydrogen-bond acceptors (Lipinski definition) is 10. The van der Waals surface area contributed by atoms with Crippen LogP contribution in [0.15, 0.2) is 0 Å². The van der Waals surface area contributed by atoms with Gasteiger partial charge in [-0.05, 0) is 12.8 Å². The van der Waals surface area contributed by atoms with Gasteiger partial charge in [-0.3, -0.25) is 9.35 Å². The number of amides is 1. The minimum Gasteiger partial charge on any atom is -0.394 e. The Morgan fingerprint density at radius 2 is 1.12 bits per heavy atom. The van der Waals surface area contributed by atoms with Gasteiger partial charge in [0.25, 0.3) is 0 Å². The van der Waals surface area contributed by atoms with Crippen molar-refractivity contribution in [3.8, 4) is 0 Å². The molecule has 1 aliphatic heterocycles. The molecule has 1 saturated heterocycles. The fraction of sp³-hybridized carbons (Fsp3) is 0.974. The minimum absolute atomic E-state index is 0.230. The fourth-order valence-corrected chi connectivity index (χ4v) is 7.38. The summed E-state index contributed by atoms with van der Waals surface area (Å²) < 4.78 is 47.5. The van der Waals surface area contributed by atoms with Crippen molar-refractivity contribution in [3.05, 3.63) is 0 Å². The first-order valence-corrected chi connectivity index (χ1v) is 22.3. The number of nitrogens with one attached hydrogen (secondary N) is 1. The van der Waals surface area contributed by atoms with Crippen LogP contribution in [0.2, 0.25) is 0 Å². The van der Waals surface area contributed by atoms with E-state index in [0.717, 1.165) is 51.4 Å². The first kappa shape index (κ1) is 49.1. The van der Waals surface area contributed by atoms with E-state index < -0.39 is 59.9 Å². The summed E-state index contributed by atoms with van der Waals surface area (Å²) in [5, 5.41) is 44.6. The van der Waals surface area contributed by atoms with Crippen LogP contribution in [0.5, 0.6) is 0 Å². The van der Waals surface area contributed by atoms with Crippen molar-refractivity contribution in [2.75, 3.05) is 13.2 Å². The number of unbranched alkanes of at least 4 members (excludes halogenated alkanes) is 23. The summed E-state index contributed by atoms with van der Waals surface area (Å²) in [6.45, 7) is 3.42. The predicted molar refractivity (Wildman–Crippen MR) is 204 cm³/mol. The van der Waals surface area contributed by atoms with Crippen molar-refractivity contribution in [2.45, 2.75) is 230 Å². The molecule has 1 aliphatic rings. The molecule has 0 aromatic rings. The molecule has 0 bridgehead atoms. The Morgan fingerprint density at radius 3 is 1.54 bits per heavy atom. The number of hydrogen-bond donors (Lipinski definition) is 6. The second-order valence-electron chi connectivity index (χ2n) is 14.9. The van der Waals surface area contributed by atoms with E-state index in [9.17, 15) is 33.6 Å². The third-order valence-electron chi connectivity index (χ3n) is 10.2. The number of aliphatic hydroxyl groups excluding tert-OH is 4. The fourth-order valence-electron chi connectivity index (χ4n) is 6.87. The van der Waals surface area contributed by atoms with Gasteiger partial charge >= 0.3 is 10.4 Å². The van der Waals surface area contributed by atoms with E-state index in [2.05, 4.69) is 23.3 Å². The molecule has 52 heavy (non-hydrogen) atoms. The molecule has 0 radical (unpaired) electrons. The second-order valence-corrected chi connectivity index (χ2v) is 16.0. The molecule has 1 amide bonds. The van der Waals surface area contributed by atoms with Crippen molar-refractivity contribution in [2.24, 2.45) is 0 Å². The van der Waals surface area contributed by atoms with Gasteiger partial charge in [0.15, 0.2) is 6.29 Å². The normalized spacial score (nSPS) is 22.0. The molecule has 1 heterocycles. The van der Waals surface area contributed by atoms with Gasteiger partial charge < -0.3 is 35.2 Å². The van der Waals surface area contributed by atoms with Crippen LogP contribution in [0.1, 0.15) is 187 Å². The lowest BCUT2D eigenvalue weighted by atomic mass is 9.99. The van der Waals surface area contributed by atoms with Crippen LogP contribution in [0.4, 0.5) is 0 Å². The van der Waals surface area contributed by atoms with E-state index in [1.807, 2.05) is 0 Å². The van der Waals surface area contributed by atoms with Crippen molar-refractivity contribution >= 4 is 16.3 Å². The lowest BCUT2D eigenvalue weighted by molar-refractivity contribution is -0.298. The Bertz CT molecular complexity index is 957. The summed E-state index contributed by atoms with van der Waals surface area (Å²) in [6, 6.07) is -0.849. The zero-order chi connectivity index (χ0) is 38.5. The molecule has 0 saturated carbocycles. The third-order valence-corrected chi connectivity index (χ3v) is 10.6. The molecule has 0 aromatic carbocycles. The van der Waals surface area contributed by atoms with Crippen LogP contribution >= 0.6 is 0 Å². The highest BCUT2D eigenvalue weighted by molar-refractivity contribution is 7.80. The number of carbonyl (C=O) groups excluding carboxylic acids is 1. The average Bonchev–Trinajstić information content (AvgIpc) is 3.11. The summed E-state index contributed by atoms with van der Waals surface area (Å²) in [4.78, 5) is 13.0. The summed E-state index contributed by atoms with van der Waals surface area (Å²) in [6.07, 6.45) is 21.1. The highest BCUT2D eigenvalue weighted by Crippen LogP contribution is 2.26. The molecule has 13 heteroatoms.